The number of ether oxygens (including phenoxy) is 1. The molecule has 108 valence electrons. The maximum absolute atomic E-state index is 11.9. The fraction of sp³-hybridized carbons (Fsp3) is 0.438. The lowest BCUT2D eigenvalue weighted by molar-refractivity contribution is -0.121. The van der Waals surface area contributed by atoms with Gasteiger partial charge in [-0.3, -0.25) is 4.79 Å². The highest BCUT2D eigenvalue weighted by molar-refractivity contribution is 5.76. The molecule has 2 rings (SSSR count). The van der Waals surface area contributed by atoms with Crippen LogP contribution in [0, 0.1) is 5.92 Å². The van der Waals surface area contributed by atoms with E-state index >= 15 is 0 Å². The van der Waals surface area contributed by atoms with Crippen molar-refractivity contribution in [3.05, 3.63) is 42.0 Å². The van der Waals surface area contributed by atoms with Crippen LogP contribution in [-0.4, -0.2) is 30.8 Å². The fourth-order valence-electron chi connectivity index (χ4n) is 2.38. The third kappa shape index (κ3) is 4.10. The third-order valence-corrected chi connectivity index (χ3v) is 3.53. The lowest BCUT2D eigenvalue weighted by Gasteiger charge is -2.12. The molecule has 1 aliphatic carbocycles. The molecule has 4 heteroatoms. The number of methoxy groups -OCH3 is 1. The minimum Gasteiger partial charge on any atom is -0.497 e. The number of nitrogens with one attached hydrogen (secondary N) is 1. The lowest BCUT2D eigenvalue weighted by atomic mass is 10.1. The number of aliphatic hydroxyl groups is 1. The molecule has 1 aliphatic rings. The molecule has 0 radical (unpaired) electrons. The van der Waals surface area contributed by atoms with Gasteiger partial charge in [0.25, 0.3) is 0 Å². The summed E-state index contributed by atoms with van der Waals surface area (Å²) in [5.74, 6) is 1.03. The van der Waals surface area contributed by atoms with Crippen molar-refractivity contribution in [2.24, 2.45) is 5.92 Å². The zero-order valence-electron chi connectivity index (χ0n) is 11.7. The van der Waals surface area contributed by atoms with Gasteiger partial charge in [0.2, 0.25) is 5.91 Å². The van der Waals surface area contributed by atoms with E-state index in [2.05, 4.69) is 5.32 Å². The predicted molar refractivity (Wildman–Crippen MR) is 77.6 cm³/mol. The van der Waals surface area contributed by atoms with Crippen molar-refractivity contribution in [1.82, 2.24) is 5.32 Å². The van der Waals surface area contributed by atoms with Crippen molar-refractivity contribution in [3.8, 4) is 5.75 Å². The number of hydrogen-bond donors (Lipinski definition) is 2. The van der Waals surface area contributed by atoms with Crippen molar-refractivity contribution in [3.63, 3.8) is 0 Å². The molecule has 20 heavy (non-hydrogen) atoms. The van der Waals surface area contributed by atoms with Gasteiger partial charge in [0, 0.05) is 25.0 Å². The summed E-state index contributed by atoms with van der Waals surface area (Å²) < 4.78 is 5.16. The molecule has 4 nitrogen and oxygen atoms in total. The van der Waals surface area contributed by atoms with Crippen LogP contribution in [0.3, 0.4) is 0 Å². The number of hydrogen-bond acceptors (Lipinski definition) is 3. The van der Waals surface area contributed by atoms with Crippen LogP contribution in [0.15, 0.2) is 36.4 Å². The Morgan fingerprint density at radius 2 is 2.30 bits per heavy atom. The van der Waals surface area contributed by atoms with Gasteiger partial charge in [0.1, 0.15) is 5.75 Å². The van der Waals surface area contributed by atoms with E-state index in [4.69, 9.17) is 9.84 Å². The van der Waals surface area contributed by atoms with E-state index in [1.807, 2.05) is 36.4 Å². The molecule has 0 heterocycles. The van der Waals surface area contributed by atoms with Crippen LogP contribution in [-0.2, 0) is 11.2 Å². The summed E-state index contributed by atoms with van der Waals surface area (Å²) in [5.41, 5.74) is 1.09. The summed E-state index contributed by atoms with van der Waals surface area (Å²) in [5, 5.41) is 12.0. The first-order chi connectivity index (χ1) is 9.71. The molecule has 0 bridgehead atoms. The Kier molecular flexibility index (Phi) is 5.18. The third-order valence-electron chi connectivity index (χ3n) is 3.53. The van der Waals surface area contributed by atoms with Gasteiger partial charge in [0.15, 0.2) is 0 Å². The maximum atomic E-state index is 11.9. The highest BCUT2D eigenvalue weighted by Crippen LogP contribution is 2.17. The van der Waals surface area contributed by atoms with E-state index in [9.17, 15) is 4.79 Å². The monoisotopic (exact) mass is 275 g/mol. The number of amides is 1. The summed E-state index contributed by atoms with van der Waals surface area (Å²) in [4.78, 5) is 11.9. The molecule has 0 spiro atoms. The van der Waals surface area contributed by atoms with E-state index in [1.54, 1.807) is 7.11 Å². The van der Waals surface area contributed by atoms with Crippen molar-refractivity contribution in [1.29, 1.82) is 0 Å². The smallest absolute Gasteiger partial charge is 0.220 e. The average Bonchev–Trinajstić information content (AvgIpc) is 2.93. The first-order valence-corrected chi connectivity index (χ1v) is 6.92. The van der Waals surface area contributed by atoms with Gasteiger partial charge in [-0.15, -0.1) is 0 Å². The number of aryl methyl sites for hydroxylation is 1. The largest absolute Gasteiger partial charge is 0.497 e. The maximum Gasteiger partial charge on any atom is 0.220 e. The average molecular weight is 275 g/mol. The first kappa shape index (κ1) is 14.6. The second kappa shape index (κ2) is 7.10. The molecule has 0 fully saturated rings. The summed E-state index contributed by atoms with van der Waals surface area (Å²) in [6.07, 6.45) is 5.88. The van der Waals surface area contributed by atoms with Crippen LogP contribution in [0.1, 0.15) is 18.4 Å². The van der Waals surface area contributed by atoms with Crippen LogP contribution in [0.2, 0.25) is 0 Å². The summed E-state index contributed by atoms with van der Waals surface area (Å²) in [6.45, 7) is 0.146. The number of carbonyl (C=O) groups is 1. The van der Waals surface area contributed by atoms with Crippen molar-refractivity contribution in [2.75, 3.05) is 13.7 Å². The Bertz CT molecular complexity index is 484. The van der Waals surface area contributed by atoms with E-state index in [1.165, 1.54) is 0 Å². The van der Waals surface area contributed by atoms with Gasteiger partial charge in [-0.2, -0.15) is 0 Å². The second-order valence-corrected chi connectivity index (χ2v) is 5.09. The Morgan fingerprint density at radius 1 is 1.45 bits per heavy atom. The number of aliphatic hydroxyl groups excluding tert-OH is 1. The van der Waals surface area contributed by atoms with Crippen molar-refractivity contribution < 1.29 is 14.6 Å². The zero-order valence-corrected chi connectivity index (χ0v) is 11.7. The standard InChI is InChI=1S/C16H21NO3/c1-20-15-4-2-3-12(10-15)6-8-16(19)17-14-7-5-13(9-14)11-18/h2-5,7,10,13-14,18H,6,8-9,11H2,1H3,(H,17,19)/t13-,14+/m0/s1. The quantitative estimate of drug-likeness (QED) is 0.777. The number of carbonyl (C=O) groups excluding carboxylic acids is 1. The Labute approximate surface area is 119 Å². The Balaban J connectivity index is 1.76. The molecule has 0 aliphatic heterocycles. The lowest BCUT2D eigenvalue weighted by Crippen LogP contribution is -2.33. The molecule has 1 aromatic rings. The summed E-state index contributed by atoms with van der Waals surface area (Å²) in [6, 6.07) is 7.82. The topological polar surface area (TPSA) is 58.6 Å². The summed E-state index contributed by atoms with van der Waals surface area (Å²) >= 11 is 0. The molecule has 2 atom stereocenters. The molecular formula is C16H21NO3. The van der Waals surface area contributed by atoms with E-state index < -0.39 is 0 Å². The van der Waals surface area contributed by atoms with Gasteiger partial charge < -0.3 is 15.2 Å². The van der Waals surface area contributed by atoms with Gasteiger partial charge >= 0.3 is 0 Å². The van der Waals surface area contributed by atoms with Crippen LogP contribution in [0.25, 0.3) is 0 Å². The molecule has 1 aromatic carbocycles. The van der Waals surface area contributed by atoms with Crippen LogP contribution in [0.5, 0.6) is 5.75 Å². The SMILES string of the molecule is COc1cccc(CCC(=O)N[C@@H]2C=C[C@H](CO)C2)c1. The van der Waals surface area contributed by atoms with Gasteiger partial charge in [0.05, 0.1) is 7.11 Å². The van der Waals surface area contributed by atoms with E-state index in [0.717, 1.165) is 17.7 Å². The molecule has 0 unspecified atom stereocenters. The van der Waals surface area contributed by atoms with Gasteiger partial charge in [-0.25, -0.2) is 0 Å². The van der Waals surface area contributed by atoms with Crippen LogP contribution in [0.4, 0.5) is 0 Å². The predicted octanol–water partition coefficient (Wildman–Crippen LogP) is 1.68. The Morgan fingerprint density at radius 3 is 3.00 bits per heavy atom. The zero-order chi connectivity index (χ0) is 14.4. The van der Waals surface area contributed by atoms with Crippen molar-refractivity contribution >= 4 is 5.91 Å². The van der Waals surface area contributed by atoms with Gasteiger partial charge in [-0.1, -0.05) is 24.3 Å². The van der Waals surface area contributed by atoms with Crippen molar-refractivity contribution in [2.45, 2.75) is 25.3 Å². The molecule has 0 saturated carbocycles. The number of rotatable bonds is 6. The second-order valence-electron chi connectivity index (χ2n) is 5.09. The molecule has 0 aromatic heterocycles. The molecular weight excluding hydrogens is 254 g/mol. The highest BCUT2D eigenvalue weighted by Gasteiger charge is 2.19. The van der Waals surface area contributed by atoms with Crippen LogP contribution < -0.4 is 10.1 Å². The van der Waals surface area contributed by atoms with E-state index in [-0.39, 0.29) is 24.5 Å². The normalized spacial score (nSPS) is 20.9. The minimum absolute atomic E-state index is 0.0426. The number of benzene rings is 1. The minimum atomic E-state index is 0.0426. The first-order valence-electron chi connectivity index (χ1n) is 6.92. The van der Waals surface area contributed by atoms with E-state index in [0.29, 0.717) is 12.8 Å². The van der Waals surface area contributed by atoms with Crippen LogP contribution >= 0.6 is 0 Å². The van der Waals surface area contributed by atoms with Gasteiger partial charge in [-0.05, 0) is 30.5 Å². The molecule has 1 amide bonds. The summed E-state index contributed by atoms with van der Waals surface area (Å²) in [7, 11) is 1.63. The molecule has 2 N–H and O–H groups in total. The molecule has 0 saturated heterocycles. The highest BCUT2D eigenvalue weighted by atomic mass is 16.5. The Hall–Kier alpha value is -1.81. The fourth-order valence-corrected chi connectivity index (χ4v) is 2.38.